The Kier molecular flexibility index (Phi) is 5.44. The molecule has 1 atom stereocenters. The third kappa shape index (κ3) is 5.07. The Balaban J connectivity index is 2.64. The van der Waals surface area contributed by atoms with Gasteiger partial charge in [-0.1, -0.05) is 37.6 Å². The first-order valence-corrected chi connectivity index (χ1v) is 6.52. The van der Waals surface area contributed by atoms with Crippen LogP contribution in [0.3, 0.4) is 0 Å². The van der Waals surface area contributed by atoms with Gasteiger partial charge in [-0.25, -0.2) is 0 Å². The zero-order valence-electron chi connectivity index (χ0n) is 11.0. The summed E-state index contributed by atoms with van der Waals surface area (Å²) in [6, 6.07) is 7.98. The summed E-state index contributed by atoms with van der Waals surface area (Å²) in [7, 11) is 0. The number of hydrogen-bond acceptors (Lipinski definition) is 2. The van der Waals surface area contributed by atoms with Crippen molar-refractivity contribution in [1.82, 2.24) is 5.32 Å². The van der Waals surface area contributed by atoms with E-state index in [2.05, 4.69) is 38.2 Å². The molecule has 0 radical (unpaired) electrons. The maximum absolute atomic E-state index is 5.88. The van der Waals surface area contributed by atoms with Crippen molar-refractivity contribution in [3.05, 3.63) is 34.9 Å². The third-order valence-corrected chi connectivity index (χ3v) is 3.15. The minimum atomic E-state index is -0.0436. The van der Waals surface area contributed by atoms with Crippen molar-refractivity contribution >= 4 is 11.6 Å². The largest absolute Gasteiger partial charge is 0.329 e. The molecule has 2 nitrogen and oxygen atoms in total. The van der Waals surface area contributed by atoms with Gasteiger partial charge in [-0.2, -0.15) is 0 Å². The van der Waals surface area contributed by atoms with Crippen LogP contribution in [0.2, 0.25) is 5.02 Å². The van der Waals surface area contributed by atoms with E-state index < -0.39 is 0 Å². The van der Waals surface area contributed by atoms with Gasteiger partial charge in [0.2, 0.25) is 0 Å². The Morgan fingerprint density at radius 1 is 1.29 bits per heavy atom. The van der Waals surface area contributed by atoms with Gasteiger partial charge in [0.1, 0.15) is 0 Å². The van der Waals surface area contributed by atoms with E-state index >= 15 is 0 Å². The summed E-state index contributed by atoms with van der Waals surface area (Å²) in [6.45, 7) is 8.19. The lowest BCUT2D eigenvalue weighted by Crippen LogP contribution is -2.51. The molecule has 3 N–H and O–H groups in total. The summed E-state index contributed by atoms with van der Waals surface area (Å²) in [5, 5.41) is 4.33. The molecule has 96 valence electrons. The van der Waals surface area contributed by atoms with E-state index in [-0.39, 0.29) is 5.54 Å². The molecule has 0 saturated heterocycles. The summed E-state index contributed by atoms with van der Waals surface area (Å²) in [6.07, 6.45) is 0.924. The third-order valence-electron chi connectivity index (χ3n) is 2.90. The summed E-state index contributed by atoms with van der Waals surface area (Å²) in [4.78, 5) is 0. The van der Waals surface area contributed by atoms with Gasteiger partial charge < -0.3 is 11.1 Å². The Hall–Kier alpha value is -0.570. The predicted octanol–water partition coefficient (Wildman–Crippen LogP) is 2.85. The molecule has 0 aliphatic carbocycles. The Labute approximate surface area is 110 Å². The lowest BCUT2D eigenvalue weighted by Gasteiger charge is -2.30. The highest BCUT2D eigenvalue weighted by Gasteiger charge is 2.22. The molecule has 17 heavy (non-hydrogen) atoms. The Bertz CT molecular complexity index is 335. The molecule has 0 aliphatic heterocycles. The fourth-order valence-electron chi connectivity index (χ4n) is 1.71. The molecule has 0 saturated carbocycles. The van der Waals surface area contributed by atoms with Crippen molar-refractivity contribution in [2.45, 2.75) is 32.7 Å². The molecule has 0 aromatic heterocycles. The van der Waals surface area contributed by atoms with E-state index in [9.17, 15) is 0 Å². The van der Waals surface area contributed by atoms with E-state index in [4.69, 9.17) is 17.3 Å². The van der Waals surface area contributed by atoms with Crippen molar-refractivity contribution in [2.24, 2.45) is 11.7 Å². The summed E-state index contributed by atoms with van der Waals surface area (Å²) >= 11 is 5.88. The van der Waals surface area contributed by atoms with Crippen LogP contribution in [0.25, 0.3) is 0 Å². The molecule has 0 spiro atoms. The van der Waals surface area contributed by atoms with E-state index in [1.165, 1.54) is 5.56 Å². The topological polar surface area (TPSA) is 38.0 Å². The SMILES string of the molecule is CC(C)CNC(C)(CN)Cc1ccc(Cl)cc1. The first-order chi connectivity index (χ1) is 7.95. The first kappa shape index (κ1) is 14.5. The second kappa shape index (κ2) is 6.39. The fourth-order valence-corrected chi connectivity index (χ4v) is 1.84. The summed E-state index contributed by atoms with van der Waals surface area (Å²) in [5.41, 5.74) is 7.10. The van der Waals surface area contributed by atoms with Crippen LogP contribution < -0.4 is 11.1 Å². The summed E-state index contributed by atoms with van der Waals surface area (Å²) < 4.78 is 0. The van der Waals surface area contributed by atoms with Gasteiger partial charge in [-0.05, 0) is 43.5 Å². The minimum Gasteiger partial charge on any atom is -0.329 e. The highest BCUT2D eigenvalue weighted by Crippen LogP contribution is 2.15. The van der Waals surface area contributed by atoms with Crippen molar-refractivity contribution in [2.75, 3.05) is 13.1 Å². The highest BCUT2D eigenvalue weighted by atomic mass is 35.5. The van der Waals surface area contributed by atoms with E-state index in [0.29, 0.717) is 12.5 Å². The smallest absolute Gasteiger partial charge is 0.0406 e. The zero-order chi connectivity index (χ0) is 12.9. The van der Waals surface area contributed by atoms with Gasteiger partial charge in [-0.15, -0.1) is 0 Å². The number of nitrogens with one attached hydrogen (secondary N) is 1. The van der Waals surface area contributed by atoms with Gasteiger partial charge in [-0.3, -0.25) is 0 Å². The zero-order valence-corrected chi connectivity index (χ0v) is 11.7. The average molecular weight is 255 g/mol. The predicted molar refractivity (Wildman–Crippen MR) is 75.5 cm³/mol. The molecule has 0 bridgehead atoms. The van der Waals surface area contributed by atoms with Gasteiger partial charge in [0.05, 0.1) is 0 Å². The van der Waals surface area contributed by atoms with E-state index in [1.54, 1.807) is 0 Å². The van der Waals surface area contributed by atoms with Crippen LogP contribution in [0.5, 0.6) is 0 Å². The second-order valence-corrected chi connectivity index (χ2v) is 5.78. The molecule has 1 aromatic rings. The molecule has 1 rings (SSSR count). The van der Waals surface area contributed by atoms with Gasteiger partial charge in [0, 0.05) is 17.1 Å². The minimum absolute atomic E-state index is 0.0436. The molecule has 0 heterocycles. The molecule has 0 fully saturated rings. The molecule has 1 aromatic carbocycles. The lowest BCUT2D eigenvalue weighted by atomic mass is 9.92. The standard InChI is InChI=1S/C14H23ClN2/c1-11(2)9-17-14(3,10-16)8-12-4-6-13(15)7-5-12/h4-7,11,17H,8-10,16H2,1-3H3. The maximum Gasteiger partial charge on any atom is 0.0406 e. The molecule has 0 aliphatic rings. The highest BCUT2D eigenvalue weighted by molar-refractivity contribution is 6.30. The van der Waals surface area contributed by atoms with Crippen molar-refractivity contribution in [3.8, 4) is 0 Å². The normalized spacial score (nSPS) is 14.9. The molecule has 1 unspecified atom stereocenters. The van der Waals surface area contributed by atoms with Crippen LogP contribution >= 0.6 is 11.6 Å². The van der Waals surface area contributed by atoms with Crippen molar-refractivity contribution in [3.63, 3.8) is 0 Å². The maximum atomic E-state index is 5.88. The van der Waals surface area contributed by atoms with Crippen LogP contribution in [0, 0.1) is 5.92 Å². The molecular weight excluding hydrogens is 232 g/mol. The number of benzene rings is 1. The van der Waals surface area contributed by atoms with Crippen LogP contribution in [0.4, 0.5) is 0 Å². The molecular formula is C14H23ClN2. The van der Waals surface area contributed by atoms with E-state index in [0.717, 1.165) is 18.0 Å². The number of hydrogen-bond donors (Lipinski definition) is 2. The fraction of sp³-hybridized carbons (Fsp3) is 0.571. The molecule has 0 amide bonds. The second-order valence-electron chi connectivity index (χ2n) is 5.34. The number of halogens is 1. The van der Waals surface area contributed by atoms with Crippen molar-refractivity contribution < 1.29 is 0 Å². The van der Waals surface area contributed by atoms with Gasteiger partial charge >= 0.3 is 0 Å². The molecule has 3 heteroatoms. The number of rotatable bonds is 6. The van der Waals surface area contributed by atoms with Gasteiger partial charge in [0.15, 0.2) is 0 Å². The van der Waals surface area contributed by atoms with Crippen LogP contribution in [0.15, 0.2) is 24.3 Å². The van der Waals surface area contributed by atoms with E-state index in [1.807, 2.05) is 12.1 Å². The average Bonchev–Trinajstić information content (AvgIpc) is 2.30. The monoisotopic (exact) mass is 254 g/mol. The Morgan fingerprint density at radius 3 is 2.35 bits per heavy atom. The Morgan fingerprint density at radius 2 is 1.88 bits per heavy atom. The quantitative estimate of drug-likeness (QED) is 0.819. The van der Waals surface area contributed by atoms with Crippen LogP contribution in [0.1, 0.15) is 26.3 Å². The number of nitrogens with two attached hydrogens (primary N) is 1. The van der Waals surface area contributed by atoms with Gasteiger partial charge in [0.25, 0.3) is 0 Å². The first-order valence-electron chi connectivity index (χ1n) is 6.15. The van der Waals surface area contributed by atoms with Crippen molar-refractivity contribution in [1.29, 1.82) is 0 Å². The summed E-state index contributed by atoms with van der Waals surface area (Å²) in [5.74, 6) is 0.631. The van der Waals surface area contributed by atoms with Crippen LogP contribution in [-0.4, -0.2) is 18.6 Å². The lowest BCUT2D eigenvalue weighted by molar-refractivity contribution is 0.340. The van der Waals surface area contributed by atoms with Crippen LogP contribution in [-0.2, 0) is 6.42 Å².